The fraction of sp³-hybridized carbons (Fsp3) is 0.346. The van der Waals surface area contributed by atoms with Crippen LogP contribution in [0, 0.1) is 5.92 Å². The zero-order chi connectivity index (χ0) is 23.7. The number of fused-ring (bicyclic) bond motifs is 3. The van der Waals surface area contributed by atoms with Gasteiger partial charge >= 0.3 is 207 Å². The molecule has 7 nitrogen and oxygen atoms in total. The zero-order valence-electron chi connectivity index (χ0n) is 19.1. The maximum absolute atomic E-state index is 11.3. The van der Waals surface area contributed by atoms with Gasteiger partial charge in [-0.1, -0.05) is 0 Å². The number of imidazole rings is 1. The van der Waals surface area contributed by atoms with Gasteiger partial charge < -0.3 is 0 Å². The number of rotatable bonds is 6. The first-order chi connectivity index (χ1) is 16.5. The number of benzene rings is 2. The molecule has 0 saturated carbocycles. The van der Waals surface area contributed by atoms with E-state index in [0.717, 1.165) is 62.8 Å². The standard InChI is InChI=1S/C26H27AsN4O3/c1-2-34-16-22-29-23-24(31(22)15-17-10-12-30(13-11-17)26(32)33)20-9-8-19(14-21(20)28-25(23)27)18-6-4-3-5-7-18/h3-9,14,17H,2,10-13,15-16H2,1H3,(H,32,33). The third-order valence-electron chi connectivity index (χ3n) is 6.61. The second-order valence-electron chi connectivity index (χ2n) is 8.72. The van der Waals surface area contributed by atoms with Gasteiger partial charge in [-0.05, 0) is 0 Å². The Kier molecular flexibility index (Phi) is 6.57. The number of hydrogen-bond donors (Lipinski definition) is 1. The number of hydrogen-bond acceptors (Lipinski definition) is 4. The quantitative estimate of drug-likeness (QED) is 0.391. The van der Waals surface area contributed by atoms with Crippen LogP contribution >= 0.6 is 0 Å². The van der Waals surface area contributed by atoms with E-state index in [9.17, 15) is 9.90 Å². The van der Waals surface area contributed by atoms with Crippen LogP contribution in [-0.2, 0) is 17.9 Å². The Labute approximate surface area is 207 Å². The number of pyridine rings is 1. The van der Waals surface area contributed by atoms with Crippen LogP contribution in [0.25, 0.3) is 33.1 Å². The minimum absolute atomic E-state index is 0.384. The van der Waals surface area contributed by atoms with Crippen LogP contribution in [0.3, 0.4) is 0 Å². The Morgan fingerprint density at radius 2 is 1.88 bits per heavy atom. The van der Waals surface area contributed by atoms with Gasteiger partial charge in [0.1, 0.15) is 0 Å². The van der Waals surface area contributed by atoms with Crippen molar-refractivity contribution in [2.24, 2.45) is 5.92 Å². The number of carbonyl (C=O) groups is 1. The van der Waals surface area contributed by atoms with E-state index in [1.807, 2.05) is 25.1 Å². The molecular formula is C26H27AsN4O3. The van der Waals surface area contributed by atoms with Crippen molar-refractivity contribution >= 4 is 49.4 Å². The Morgan fingerprint density at radius 3 is 2.59 bits per heavy atom. The van der Waals surface area contributed by atoms with Crippen molar-refractivity contribution in [3.8, 4) is 11.1 Å². The van der Waals surface area contributed by atoms with E-state index in [2.05, 4.69) is 51.8 Å². The Balaban J connectivity index is 1.59. The summed E-state index contributed by atoms with van der Waals surface area (Å²) in [7, 11) is 0. The van der Waals surface area contributed by atoms with Crippen molar-refractivity contribution in [3.63, 3.8) is 0 Å². The molecule has 5 rings (SSSR count). The molecule has 1 amide bonds. The summed E-state index contributed by atoms with van der Waals surface area (Å²) < 4.78 is 8.89. The predicted octanol–water partition coefficient (Wildman–Crippen LogP) is 3.97. The van der Waals surface area contributed by atoms with Gasteiger partial charge in [0.2, 0.25) is 0 Å². The third kappa shape index (κ3) is 4.42. The summed E-state index contributed by atoms with van der Waals surface area (Å²) in [6.07, 6.45) is 0.857. The molecule has 0 bridgehead atoms. The molecule has 1 saturated heterocycles. The van der Waals surface area contributed by atoms with Gasteiger partial charge in [-0.2, -0.15) is 0 Å². The first-order valence-corrected chi connectivity index (χ1v) is 12.6. The van der Waals surface area contributed by atoms with Gasteiger partial charge in [0.05, 0.1) is 0 Å². The van der Waals surface area contributed by atoms with E-state index >= 15 is 0 Å². The summed E-state index contributed by atoms with van der Waals surface area (Å²) in [5, 5.41) is 10.4. The molecule has 174 valence electrons. The second-order valence-corrected chi connectivity index (χ2v) is 9.61. The van der Waals surface area contributed by atoms with Crippen LogP contribution in [0.15, 0.2) is 48.5 Å². The summed E-state index contributed by atoms with van der Waals surface area (Å²) in [5.74, 6) is 1.28. The van der Waals surface area contributed by atoms with Crippen LogP contribution in [-0.4, -0.2) is 67.2 Å². The number of piperidine rings is 1. The summed E-state index contributed by atoms with van der Waals surface area (Å²) in [5.41, 5.74) is 5.20. The summed E-state index contributed by atoms with van der Waals surface area (Å²) in [4.78, 5) is 22.7. The first kappa shape index (κ1) is 22.9. The van der Waals surface area contributed by atoms with Gasteiger partial charge in [-0.25, -0.2) is 0 Å². The van der Waals surface area contributed by atoms with Gasteiger partial charge in [0.25, 0.3) is 0 Å². The van der Waals surface area contributed by atoms with Crippen LogP contribution < -0.4 is 4.48 Å². The summed E-state index contributed by atoms with van der Waals surface area (Å²) in [6.45, 7) is 4.99. The van der Waals surface area contributed by atoms with E-state index in [0.29, 0.717) is 32.2 Å². The molecule has 0 spiro atoms. The molecule has 4 aromatic rings. The molecule has 3 heterocycles. The van der Waals surface area contributed by atoms with Crippen molar-refractivity contribution in [2.45, 2.75) is 32.9 Å². The molecule has 34 heavy (non-hydrogen) atoms. The van der Waals surface area contributed by atoms with Crippen molar-refractivity contribution in [1.29, 1.82) is 0 Å². The molecule has 0 aliphatic carbocycles. The Hall–Kier alpha value is -2.89. The molecule has 8 heteroatoms. The van der Waals surface area contributed by atoms with E-state index in [1.54, 1.807) is 0 Å². The molecular weight excluding hydrogens is 491 g/mol. The molecule has 2 aromatic heterocycles. The summed E-state index contributed by atoms with van der Waals surface area (Å²) >= 11 is 2.57. The average molecular weight is 518 g/mol. The van der Waals surface area contributed by atoms with E-state index in [4.69, 9.17) is 14.7 Å². The monoisotopic (exact) mass is 518 g/mol. The number of aromatic nitrogens is 3. The van der Waals surface area contributed by atoms with E-state index in [1.165, 1.54) is 4.90 Å². The van der Waals surface area contributed by atoms with Gasteiger partial charge in [-0.15, -0.1) is 0 Å². The molecule has 0 unspecified atom stereocenters. The molecule has 2 aromatic carbocycles. The molecule has 1 aliphatic heterocycles. The molecule has 2 radical (unpaired) electrons. The van der Waals surface area contributed by atoms with Crippen LogP contribution in [0.5, 0.6) is 0 Å². The van der Waals surface area contributed by atoms with Crippen molar-refractivity contribution in [2.75, 3.05) is 19.7 Å². The molecule has 1 aliphatic rings. The fourth-order valence-electron chi connectivity index (χ4n) is 4.79. The maximum atomic E-state index is 11.3. The van der Waals surface area contributed by atoms with Crippen LogP contribution in [0.2, 0.25) is 0 Å². The Bertz CT molecular complexity index is 1330. The van der Waals surface area contributed by atoms with Crippen LogP contribution in [0.4, 0.5) is 4.79 Å². The van der Waals surface area contributed by atoms with Gasteiger partial charge in [0, 0.05) is 0 Å². The number of carboxylic acid groups (broad SMARTS) is 1. The first-order valence-electron chi connectivity index (χ1n) is 11.7. The van der Waals surface area contributed by atoms with Gasteiger partial charge in [-0.3, -0.25) is 0 Å². The molecule has 1 N–H and O–H groups in total. The minimum atomic E-state index is -0.830. The Morgan fingerprint density at radius 1 is 1.12 bits per heavy atom. The zero-order valence-corrected chi connectivity index (χ0v) is 21.0. The van der Waals surface area contributed by atoms with Crippen LogP contribution in [0.1, 0.15) is 25.6 Å². The fourth-order valence-corrected chi connectivity index (χ4v) is 5.35. The van der Waals surface area contributed by atoms with E-state index < -0.39 is 6.09 Å². The molecule has 1 fully saturated rings. The van der Waals surface area contributed by atoms with E-state index in [-0.39, 0.29) is 0 Å². The third-order valence-corrected chi connectivity index (χ3v) is 7.26. The summed E-state index contributed by atoms with van der Waals surface area (Å²) in [6, 6.07) is 16.8. The average Bonchev–Trinajstić information content (AvgIpc) is 3.22. The predicted molar refractivity (Wildman–Crippen MR) is 134 cm³/mol. The second kappa shape index (κ2) is 9.77. The number of ether oxygens (including phenoxy) is 1. The topological polar surface area (TPSA) is 80.5 Å². The number of amides is 1. The number of likely N-dealkylation sites (tertiary alicyclic amines) is 1. The van der Waals surface area contributed by atoms with Crippen molar-refractivity contribution < 1.29 is 14.6 Å². The SMILES string of the molecule is CCOCc1nc2c([As])nc3cc(-c4ccccc4)ccc3c2n1CC1CCN(C(=O)O)CC1. The van der Waals surface area contributed by atoms with Gasteiger partial charge in [0.15, 0.2) is 0 Å². The normalized spacial score (nSPS) is 14.8. The molecule has 0 atom stereocenters. The number of nitrogens with zero attached hydrogens (tertiary/aromatic N) is 4. The van der Waals surface area contributed by atoms with Crippen molar-refractivity contribution in [1.82, 2.24) is 19.4 Å². The van der Waals surface area contributed by atoms with Crippen molar-refractivity contribution in [3.05, 3.63) is 54.4 Å².